The number of amides is 2. The van der Waals surface area contributed by atoms with Crippen molar-refractivity contribution in [1.29, 1.82) is 0 Å². The van der Waals surface area contributed by atoms with Gasteiger partial charge in [-0.2, -0.15) is 0 Å². The van der Waals surface area contributed by atoms with Gasteiger partial charge >= 0.3 is 0 Å². The zero-order valence-electron chi connectivity index (χ0n) is 13.1. The zero-order chi connectivity index (χ0) is 16.8. The Labute approximate surface area is 141 Å². The van der Waals surface area contributed by atoms with E-state index in [1.54, 1.807) is 37.4 Å². The average molecular weight is 331 g/mol. The van der Waals surface area contributed by atoms with Crippen LogP contribution >= 0.6 is 11.6 Å². The van der Waals surface area contributed by atoms with Crippen LogP contribution in [-0.4, -0.2) is 30.3 Å². The van der Waals surface area contributed by atoms with Crippen molar-refractivity contribution >= 4 is 23.4 Å². The molecule has 0 saturated heterocycles. The first kappa shape index (κ1) is 17.0. The lowest BCUT2D eigenvalue weighted by Gasteiger charge is -2.19. The Bertz CT molecular complexity index is 688. The maximum Gasteiger partial charge on any atom is 0.254 e. The smallest absolute Gasteiger partial charge is 0.254 e. The molecule has 4 nitrogen and oxygen atoms in total. The van der Waals surface area contributed by atoms with Gasteiger partial charge in [-0.15, -0.1) is 0 Å². The second-order valence-electron chi connectivity index (χ2n) is 5.37. The van der Waals surface area contributed by atoms with Gasteiger partial charge in [0.15, 0.2) is 0 Å². The molecule has 2 amide bonds. The molecule has 0 aliphatic heterocycles. The Balaban J connectivity index is 1.92. The van der Waals surface area contributed by atoms with E-state index in [2.05, 4.69) is 5.32 Å². The molecule has 0 bridgehead atoms. The number of carbonyl (C=O) groups excluding carboxylic acids is 2. The first-order chi connectivity index (χ1) is 11.0. The van der Waals surface area contributed by atoms with Crippen LogP contribution in [0.1, 0.15) is 28.9 Å². The third-order valence-electron chi connectivity index (χ3n) is 3.47. The summed E-state index contributed by atoms with van der Waals surface area (Å²) in [6, 6.07) is 16.0. The third kappa shape index (κ3) is 4.83. The van der Waals surface area contributed by atoms with Crippen molar-refractivity contribution in [3.8, 4) is 0 Å². The second-order valence-corrected chi connectivity index (χ2v) is 5.81. The van der Waals surface area contributed by atoms with Crippen molar-refractivity contribution in [3.63, 3.8) is 0 Å². The SMILES string of the molecule is CC(NC(=O)CN(C)C(=O)c1ccccc1)c1cccc(Cl)c1. The van der Waals surface area contributed by atoms with Crippen LogP contribution in [0, 0.1) is 0 Å². The lowest BCUT2D eigenvalue weighted by atomic mass is 10.1. The maximum atomic E-state index is 12.2. The van der Waals surface area contributed by atoms with Gasteiger partial charge in [-0.3, -0.25) is 9.59 Å². The van der Waals surface area contributed by atoms with E-state index in [4.69, 9.17) is 11.6 Å². The van der Waals surface area contributed by atoms with Crippen LogP contribution in [0.15, 0.2) is 54.6 Å². The fourth-order valence-corrected chi connectivity index (χ4v) is 2.43. The Morgan fingerprint density at radius 3 is 2.48 bits per heavy atom. The Hall–Kier alpha value is -2.33. The average Bonchev–Trinajstić information content (AvgIpc) is 2.54. The predicted molar refractivity (Wildman–Crippen MR) is 91.4 cm³/mol. The molecule has 2 aromatic rings. The molecule has 23 heavy (non-hydrogen) atoms. The van der Waals surface area contributed by atoms with Crippen LogP contribution in [0.2, 0.25) is 5.02 Å². The molecule has 0 aliphatic rings. The summed E-state index contributed by atoms with van der Waals surface area (Å²) in [4.78, 5) is 25.7. The quantitative estimate of drug-likeness (QED) is 0.914. The van der Waals surface area contributed by atoms with Gasteiger partial charge in [0, 0.05) is 17.6 Å². The van der Waals surface area contributed by atoms with Crippen molar-refractivity contribution in [2.24, 2.45) is 0 Å². The Kier molecular flexibility index (Phi) is 5.77. The number of likely N-dealkylation sites (N-methyl/N-ethyl adjacent to an activating group) is 1. The Morgan fingerprint density at radius 2 is 1.83 bits per heavy atom. The molecule has 2 rings (SSSR count). The number of halogens is 1. The van der Waals surface area contributed by atoms with Crippen molar-refractivity contribution in [2.75, 3.05) is 13.6 Å². The summed E-state index contributed by atoms with van der Waals surface area (Å²) in [6.45, 7) is 1.88. The molecule has 1 atom stereocenters. The third-order valence-corrected chi connectivity index (χ3v) is 3.71. The van der Waals surface area contributed by atoms with Crippen molar-refractivity contribution in [3.05, 3.63) is 70.7 Å². The summed E-state index contributed by atoms with van der Waals surface area (Å²) in [5, 5.41) is 3.49. The summed E-state index contributed by atoms with van der Waals surface area (Å²) >= 11 is 5.95. The normalized spacial score (nSPS) is 11.6. The van der Waals surface area contributed by atoms with Crippen LogP contribution < -0.4 is 5.32 Å². The lowest BCUT2D eigenvalue weighted by molar-refractivity contribution is -0.122. The number of rotatable bonds is 5. The highest BCUT2D eigenvalue weighted by Gasteiger charge is 2.16. The molecule has 2 aromatic carbocycles. The van der Waals surface area contributed by atoms with Crippen LogP contribution in [0.25, 0.3) is 0 Å². The summed E-state index contributed by atoms with van der Waals surface area (Å²) in [6.07, 6.45) is 0. The maximum absolute atomic E-state index is 12.2. The van der Waals surface area contributed by atoms with E-state index >= 15 is 0 Å². The van der Waals surface area contributed by atoms with E-state index in [0.717, 1.165) is 5.56 Å². The largest absolute Gasteiger partial charge is 0.348 e. The van der Waals surface area contributed by atoms with Gasteiger partial charge in [-0.1, -0.05) is 41.9 Å². The molecule has 120 valence electrons. The van der Waals surface area contributed by atoms with Crippen LogP contribution in [0.5, 0.6) is 0 Å². The first-order valence-electron chi connectivity index (χ1n) is 7.32. The molecular formula is C18H19ClN2O2. The fraction of sp³-hybridized carbons (Fsp3) is 0.222. The van der Waals surface area contributed by atoms with E-state index in [9.17, 15) is 9.59 Å². The highest BCUT2D eigenvalue weighted by molar-refractivity contribution is 6.30. The van der Waals surface area contributed by atoms with Gasteiger partial charge in [0.1, 0.15) is 0 Å². The minimum atomic E-state index is -0.218. The summed E-state index contributed by atoms with van der Waals surface area (Å²) in [5.41, 5.74) is 1.48. The molecule has 1 unspecified atom stereocenters. The molecule has 0 aromatic heterocycles. The molecular weight excluding hydrogens is 312 g/mol. The van der Waals surface area contributed by atoms with Crippen molar-refractivity contribution in [2.45, 2.75) is 13.0 Å². The molecule has 0 fully saturated rings. The molecule has 0 saturated carbocycles. The minimum Gasteiger partial charge on any atom is -0.348 e. The number of hydrogen-bond acceptors (Lipinski definition) is 2. The number of hydrogen-bond donors (Lipinski definition) is 1. The van der Waals surface area contributed by atoms with Gasteiger partial charge in [0.2, 0.25) is 5.91 Å². The highest BCUT2D eigenvalue weighted by Crippen LogP contribution is 2.17. The monoisotopic (exact) mass is 330 g/mol. The van der Waals surface area contributed by atoms with E-state index < -0.39 is 0 Å². The summed E-state index contributed by atoms with van der Waals surface area (Å²) in [5.74, 6) is -0.402. The predicted octanol–water partition coefficient (Wildman–Crippen LogP) is 3.29. The molecule has 1 N–H and O–H groups in total. The summed E-state index contributed by atoms with van der Waals surface area (Å²) < 4.78 is 0. The first-order valence-corrected chi connectivity index (χ1v) is 7.70. The minimum absolute atomic E-state index is 0.00136. The molecule has 0 aliphatic carbocycles. The lowest BCUT2D eigenvalue weighted by Crippen LogP contribution is -2.39. The molecule has 5 heteroatoms. The molecule has 0 spiro atoms. The Morgan fingerprint density at radius 1 is 1.13 bits per heavy atom. The number of nitrogens with one attached hydrogen (secondary N) is 1. The number of benzene rings is 2. The molecule has 0 radical (unpaired) electrons. The van der Waals surface area contributed by atoms with Gasteiger partial charge in [-0.05, 0) is 36.8 Å². The van der Waals surface area contributed by atoms with Gasteiger partial charge in [0.05, 0.1) is 12.6 Å². The topological polar surface area (TPSA) is 49.4 Å². The van der Waals surface area contributed by atoms with E-state index in [1.165, 1.54) is 4.90 Å². The number of carbonyl (C=O) groups is 2. The zero-order valence-corrected chi connectivity index (χ0v) is 13.9. The second kappa shape index (κ2) is 7.79. The fourth-order valence-electron chi connectivity index (χ4n) is 2.23. The standard InChI is InChI=1S/C18H19ClN2O2/c1-13(15-9-6-10-16(19)11-15)20-17(22)12-21(2)18(23)14-7-4-3-5-8-14/h3-11,13H,12H2,1-2H3,(H,20,22). The summed E-state index contributed by atoms with van der Waals surface area (Å²) in [7, 11) is 1.61. The van der Waals surface area contributed by atoms with Crippen molar-refractivity contribution < 1.29 is 9.59 Å². The van der Waals surface area contributed by atoms with E-state index in [1.807, 2.05) is 31.2 Å². The highest BCUT2D eigenvalue weighted by atomic mass is 35.5. The van der Waals surface area contributed by atoms with Crippen molar-refractivity contribution in [1.82, 2.24) is 10.2 Å². The van der Waals surface area contributed by atoms with Crippen LogP contribution in [0.3, 0.4) is 0 Å². The van der Waals surface area contributed by atoms with Gasteiger partial charge in [0.25, 0.3) is 5.91 Å². The van der Waals surface area contributed by atoms with E-state index in [0.29, 0.717) is 10.6 Å². The van der Waals surface area contributed by atoms with E-state index in [-0.39, 0.29) is 24.4 Å². The van der Waals surface area contributed by atoms with Crippen LogP contribution in [0.4, 0.5) is 0 Å². The number of nitrogens with zero attached hydrogens (tertiary/aromatic N) is 1. The van der Waals surface area contributed by atoms with Gasteiger partial charge < -0.3 is 10.2 Å². The molecule has 0 heterocycles. The van der Waals surface area contributed by atoms with Crippen LogP contribution in [-0.2, 0) is 4.79 Å². The van der Waals surface area contributed by atoms with Gasteiger partial charge in [-0.25, -0.2) is 0 Å².